The van der Waals surface area contributed by atoms with Crippen LogP contribution in [0.5, 0.6) is 5.75 Å². The molecule has 32 heavy (non-hydrogen) atoms. The fourth-order valence-electron chi connectivity index (χ4n) is 3.70. The lowest BCUT2D eigenvalue weighted by Crippen LogP contribution is -2.51. The number of nitrogens with one attached hydrogen (secondary N) is 1. The minimum atomic E-state index is -3.51. The molecular formula is C24H33N3O4S. The lowest BCUT2D eigenvalue weighted by Gasteiger charge is -2.33. The number of hydrogen-bond acceptors (Lipinski definition) is 5. The summed E-state index contributed by atoms with van der Waals surface area (Å²) in [6, 6.07) is 14.9. The van der Waals surface area contributed by atoms with Crippen LogP contribution >= 0.6 is 0 Å². The summed E-state index contributed by atoms with van der Waals surface area (Å²) in [5, 5.41) is 2.94. The van der Waals surface area contributed by atoms with Crippen molar-refractivity contribution in [2.75, 3.05) is 46.4 Å². The standard InChI is InChI=1S/C24H33N3O4S/c1-19(2)21-6-10-23(11-7-21)32(29,30)27-16-14-26(15-17-27)18-24(28)25-13-12-20-4-8-22(31-3)9-5-20/h4-11,19H,12-18H2,1-3H3,(H,25,28). The van der Waals surface area contributed by atoms with Crippen LogP contribution in [0, 0.1) is 0 Å². The van der Waals surface area contributed by atoms with E-state index in [0.29, 0.717) is 43.5 Å². The van der Waals surface area contributed by atoms with E-state index >= 15 is 0 Å². The average molecular weight is 460 g/mol. The highest BCUT2D eigenvalue weighted by atomic mass is 32.2. The van der Waals surface area contributed by atoms with Crippen molar-refractivity contribution in [2.24, 2.45) is 0 Å². The molecule has 2 aromatic rings. The topological polar surface area (TPSA) is 79.0 Å². The summed E-state index contributed by atoms with van der Waals surface area (Å²) < 4.78 is 32.5. The maximum Gasteiger partial charge on any atom is 0.243 e. The molecule has 0 bridgehead atoms. The Labute approximate surface area is 191 Å². The molecule has 174 valence electrons. The van der Waals surface area contributed by atoms with Crippen molar-refractivity contribution in [1.29, 1.82) is 0 Å². The Morgan fingerprint density at radius 3 is 2.19 bits per heavy atom. The lowest BCUT2D eigenvalue weighted by molar-refractivity contribution is -0.122. The highest BCUT2D eigenvalue weighted by molar-refractivity contribution is 7.89. The molecule has 1 fully saturated rings. The third kappa shape index (κ3) is 6.31. The van der Waals surface area contributed by atoms with Gasteiger partial charge in [0.25, 0.3) is 0 Å². The number of rotatable bonds is 9. The molecule has 1 N–H and O–H groups in total. The lowest BCUT2D eigenvalue weighted by atomic mass is 10.0. The Hall–Kier alpha value is -2.42. The fourth-order valence-corrected chi connectivity index (χ4v) is 5.12. The van der Waals surface area contributed by atoms with Gasteiger partial charge in [-0.2, -0.15) is 4.31 Å². The van der Waals surface area contributed by atoms with E-state index < -0.39 is 10.0 Å². The molecule has 0 radical (unpaired) electrons. The molecule has 0 atom stereocenters. The van der Waals surface area contributed by atoms with Crippen molar-refractivity contribution in [3.05, 3.63) is 59.7 Å². The van der Waals surface area contributed by atoms with Crippen LogP contribution in [0.15, 0.2) is 53.4 Å². The monoisotopic (exact) mass is 459 g/mol. The number of carbonyl (C=O) groups excluding carboxylic acids is 1. The van der Waals surface area contributed by atoms with E-state index in [2.05, 4.69) is 19.2 Å². The highest BCUT2D eigenvalue weighted by Gasteiger charge is 2.29. The molecule has 1 aliphatic heterocycles. The van der Waals surface area contributed by atoms with Gasteiger partial charge in [-0.05, 0) is 47.7 Å². The van der Waals surface area contributed by atoms with Crippen molar-refractivity contribution >= 4 is 15.9 Å². The first-order valence-electron chi connectivity index (χ1n) is 11.0. The largest absolute Gasteiger partial charge is 0.497 e. The zero-order chi connectivity index (χ0) is 23.1. The fraction of sp³-hybridized carbons (Fsp3) is 0.458. The van der Waals surface area contributed by atoms with Gasteiger partial charge in [-0.25, -0.2) is 8.42 Å². The van der Waals surface area contributed by atoms with Crippen molar-refractivity contribution in [3.63, 3.8) is 0 Å². The minimum absolute atomic E-state index is 0.0425. The predicted molar refractivity (Wildman–Crippen MR) is 125 cm³/mol. The quantitative estimate of drug-likeness (QED) is 0.623. The van der Waals surface area contributed by atoms with Gasteiger partial charge in [-0.15, -0.1) is 0 Å². The molecule has 0 unspecified atom stereocenters. The summed E-state index contributed by atoms with van der Waals surface area (Å²) in [6.45, 7) is 6.84. The van der Waals surface area contributed by atoms with Crippen molar-refractivity contribution in [2.45, 2.75) is 31.1 Å². The SMILES string of the molecule is COc1ccc(CCNC(=O)CN2CCN(S(=O)(=O)c3ccc(C(C)C)cc3)CC2)cc1. The normalized spacial score (nSPS) is 15.6. The number of piperazine rings is 1. The third-order valence-corrected chi connectivity index (χ3v) is 7.69. The van der Waals surface area contributed by atoms with E-state index in [-0.39, 0.29) is 12.5 Å². The van der Waals surface area contributed by atoms with E-state index in [4.69, 9.17) is 4.74 Å². The molecule has 0 spiro atoms. The second kappa shape index (κ2) is 10.9. The van der Waals surface area contributed by atoms with Crippen LogP contribution in [0.1, 0.15) is 30.9 Å². The maximum atomic E-state index is 12.9. The van der Waals surface area contributed by atoms with Crippen LogP contribution in [-0.4, -0.2) is 69.9 Å². The van der Waals surface area contributed by atoms with Gasteiger partial charge in [0.15, 0.2) is 0 Å². The Morgan fingerprint density at radius 2 is 1.62 bits per heavy atom. The number of nitrogens with zero attached hydrogens (tertiary/aromatic N) is 2. The Kier molecular flexibility index (Phi) is 8.28. The van der Waals surface area contributed by atoms with Gasteiger partial charge in [-0.3, -0.25) is 9.69 Å². The zero-order valence-corrected chi connectivity index (χ0v) is 19.9. The van der Waals surface area contributed by atoms with E-state index in [1.54, 1.807) is 19.2 Å². The van der Waals surface area contributed by atoms with Crippen molar-refractivity contribution < 1.29 is 17.9 Å². The summed E-state index contributed by atoms with van der Waals surface area (Å²) >= 11 is 0. The van der Waals surface area contributed by atoms with Crippen LogP contribution in [0.25, 0.3) is 0 Å². The molecule has 7 nitrogen and oxygen atoms in total. The Morgan fingerprint density at radius 1 is 1.00 bits per heavy atom. The van der Waals surface area contributed by atoms with E-state index in [1.807, 2.05) is 41.3 Å². The van der Waals surface area contributed by atoms with Crippen LogP contribution in [0.2, 0.25) is 0 Å². The predicted octanol–water partition coefficient (Wildman–Crippen LogP) is 2.48. The molecule has 0 aromatic heterocycles. The molecule has 0 aliphatic carbocycles. The van der Waals surface area contributed by atoms with Gasteiger partial charge in [0.1, 0.15) is 5.75 Å². The van der Waals surface area contributed by atoms with Gasteiger partial charge in [0, 0.05) is 32.7 Å². The summed E-state index contributed by atoms with van der Waals surface area (Å²) in [6.07, 6.45) is 0.747. The van der Waals surface area contributed by atoms with Gasteiger partial charge in [0.2, 0.25) is 15.9 Å². The second-order valence-corrected chi connectivity index (χ2v) is 10.3. The Balaban J connectivity index is 1.43. The number of sulfonamides is 1. The first-order chi connectivity index (χ1) is 15.3. The highest BCUT2D eigenvalue weighted by Crippen LogP contribution is 2.21. The molecule has 1 aliphatic rings. The van der Waals surface area contributed by atoms with E-state index in [0.717, 1.165) is 23.3 Å². The summed E-state index contributed by atoms with van der Waals surface area (Å²) in [5.74, 6) is 1.13. The number of amides is 1. The average Bonchev–Trinajstić information content (AvgIpc) is 2.80. The molecule has 2 aromatic carbocycles. The van der Waals surface area contributed by atoms with Crippen molar-refractivity contribution in [1.82, 2.24) is 14.5 Å². The first-order valence-corrected chi connectivity index (χ1v) is 12.5. The first kappa shape index (κ1) is 24.2. The molecule has 1 saturated heterocycles. The third-order valence-electron chi connectivity index (χ3n) is 5.78. The maximum absolute atomic E-state index is 12.9. The summed E-state index contributed by atoms with van der Waals surface area (Å²) in [5.41, 5.74) is 2.25. The number of ether oxygens (including phenoxy) is 1. The smallest absolute Gasteiger partial charge is 0.243 e. The van der Waals surface area contributed by atoms with E-state index in [1.165, 1.54) is 4.31 Å². The second-order valence-electron chi connectivity index (χ2n) is 8.35. The molecule has 3 rings (SSSR count). The molecule has 1 heterocycles. The van der Waals surface area contributed by atoms with Gasteiger partial charge in [-0.1, -0.05) is 38.1 Å². The van der Waals surface area contributed by atoms with Crippen LogP contribution in [-0.2, 0) is 21.2 Å². The van der Waals surface area contributed by atoms with Crippen LogP contribution in [0.3, 0.4) is 0 Å². The molecule has 8 heteroatoms. The number of benzene rings is 2. The number of methoxy groups -OCH3 is 1. The molecule has 1 amide bonds. The van der Waals surface area contributed by atoms with Crippen LogP contribution in [0.4, 0.5) is 0 Å². The van der Waals surface area contributed by atoms with Crippen LogP contribution < -0.4 is 10.1 Å². The Bertz CT molecular complexity index is 981. The van der Waals surface area contributed by atoms with Gasteiger partial charge >= 0.3 is 0 Å². The van der Waals surface area contributed by atoms with E-state index in [9.17, 15) is 13.2 Å². The molecule has 0 saturated carbocycles. The minimum Gasteiger partial charge on any atom is -0.497 e. The number of carbonyl (C=O) groups is 1. The van der Waals surface area contributed by atoms with Gasteiger partial charge in [0.05, 0.1) is 18.6 Å². The van der Waals surface area contributed by atoms with Gasteiger partial charge < -0.3 is 10.1 Å². The van der Waals surface area contributed by atoms with Crippen molar-refractivity contribution in [3.8, 4) is 5.75 Å². The zero-order valence-electron chi connectivity index (χ0n) is 19.1. The molecular weight excluding hydrogens is 426 g/mol. The summed E-state index contributed by atoms with van der Waals surface area (Å²) in [7, 11) is -1.88. The summed E-state index contributed by atoms with van der Waals surface area (Å²) in [4.78, 5) is 14.6. The number of hydrogen-bond donors (Lipinski definition) is 1.